The van der Waals surface area contributed by atoms with E-state index in [2.05, 4.69) is 15.3 Å². The van der Waals surface area contributed by atoms with Crippen molar-refractivity contribution in [3.05, 3.63) is 52.9 Å². The molecule has 6 nitrogen and oxygen atoms in total. The summed E-state index contributed by atoms with van der Waals surface area (Å²) >= 11 is 0. The Morgan fingerprint density at radius 2 is 1.93 bits per heavy atom. The van der Waals surface area contributed by atoms with Crippen LogP contribution < -0.4 is 5.32 Å². The van der Waals surface area contributed by atoms with Crippen molar-refractivity contribution in [2.45, 2.75) is 37.0 Å². The number of nitrogens with zero attached hydrogens (tertiary/aromatic N) is 3. The highest BCUT2D eigenvalue weighted by molar-refractivity contribution is 6.01. The molecule has 0 radical (unpaired) electrons. The molecule has 1 aliphatic heterocycles. The van der Waals surface area contributed by atoms with Gasteiger partial charge in [0.1, 0.15) is 12.4 Å². The summed E-state index contributed by atoms with van der Waals surface area (Å²) < 4.78 is 28.0. The van der Waals surface area contributed by atoms with Crippen molar-refractivity contribution in [3.8, 4) is 0 Å². The van der Waals surface area contributed by atoms with Crippen LogP contribution in [0.3, 0.4) is 0 Å². The van der Waals surface area contributed by atoms with Gasteiger partial charge in [0.15, 0.2) is 5.82 Å². The molecule has 1 aromatic carbocycles. The van der Waals surface area contributed by atoms with Crippen molar-refractivity contribution in [3.63, 3.8) is 0 Å². The lowest BCUT2D eigenvalue weighted by molar-refractivity contribution is -0.117. The zero-order valence-electron chi connectivity index (χ0n) is 15.0. The third-order valence-electron chi connectivity index (χ3n) is 5.79. The van der Waals surface area contributed by atoms with E-state index in [9.17, 15) is 14.0 Å². The Morgan fingerprint density at radius 3 is 2.57 bits per heavy atom. The quantitative estimate of drug-likeness (QED) is 0.880. The molecule has 0 saturated heterocycles. The molecule has 5 rings (SSSR count). The van der Waals surface area contributed by atoms with Crippen molar-refractivity contribution < 1.29 is 18.4 Å². The summed E-state index contributed by atoms with van der Waals surface area (Å²) in [6, 6.07) is 3.43. The van der Waals surface area contributed by atoms with E-state index in [1.807, 2.05) is 0 Å². The number of amides is 2. The largest absolute Gasteiger partial charge is 0.328 e. The Balaban J connectivity index is 1.38. The summed E-state index contributed by atoms with van der Waals surface area (Å²) in [4.78, 5) is 34.0. The Bertz CT molecular complexity index is 984. The van der Waals surface area contributed by atoms with Crippen LogP contribution in [-0.2, 0) is 10.2 Å². The second-order valence-corrected chi connectivity index (χ2v) is 7.88. The molecule has 2 aliphatic carbocycles. The lowest BCUT2D eigenvalue weighted by Crippen LogP contribution is -2.47. The molecule has 0 atom stereocenters. The fraction of sp³-hybridized carbons (Fsp3) is 0.400. The number of benzene rings is 1. The zero-order valence-corrected chi connectivity index (χ0v) is 15.0. The first-order chi connectivity index (χ1) is 13.5. The van der Waals surface area contributed by atoms with Gasteiger partial charge < -0.3 is 4.90 Å². The second kappa shape index (κ2) is 6.05. The number of nitrogens with one attached hydrogen (secondary N) is 1. The van der Waals surface area contributed by atoms with Crippen LogP contribution in [0.2, 0.25) is 0 Å². The minimum atomic E-state index is -0.607. The Hall–Kier alpha value is -2.90. The standard InChI is InChI=1S/C20H18F2N4O2/c21-12-7-23-19(24-8-12)25-15(27)9-26-10-20(5-6-20)16-14(18(26)28)4-3-13(17(16)22)11-1-2-11/h3-4,7-8,11H,1-2,5-6,9-10H2,(H,23,24,25,27). The third kappa shape index (κ3) is 2.83. The highest BCUT2D eigenvalue weighted by Gasteiger charge is 2.54. The van der Waals surface area contributed by atoms with Gasteiger partial charge in [-0.2, -0.15) is 0 Å². The molecule has 2 amide bonds. The van der Waals surface area contributed by atoms with Gasteiger partial charge in [-0.15, -0.1) is 0 Å². The smallest absolute Gasteiger partial charge is 0.254 e. The Labute approximate surface area is 160 Å². The SMILES string of the molecule is O=C(CN1CC2(CC2)c2c(ccc(C3CC3)c2F)C1=O)Nc1ncc(F)cn1. The van der Waals surface area contributed by atoms with E-state index in [0.29, 0.717) is 17.7 Å². The van der Waals surface area contributed by atoms with E-state index >= 15 is 4.39 Å². The molecule has 0 bridgehead atoms. The zero-order chi connectivity index (χ0) is 19.5. The monoisotopic (exact) mass is 384 g/mol. The van der Waals surface area contributed by atoms with Crippen LogP contribution in [-0.4, -0.2) is 39.8 Å². The number of carbonyl (C=O) groups excluding carboxylic acids is 2. The molecule has 1 spiro atoms. The van der Waals surface area contributed by atoms with Gasteiger partial charge in [0.2, 0.25) is 11.9 Å². The molecule has 8 heteroatoms. The average Bonchev–Trinajstić information content (AvgIpc) is 3.57. The molecular weight excluding hydrogens is 366 g/mol. The number of halogens is 2. The number of hydrogen-bond donors (Lipinski definition) is 1. The molecule has 144 valence electrons. The van der Waals surface area contributed by atoms with E-state index in [-0.39, 0.29) is 35.6 Å². The van der Waals surface area contributed by atoms with Crippen LogP contribution in [0.4, 0.5) is 14.7 Å². The first-order valence-electron chi connectivity index (χ1n) is 9.36. The summed E-state index contributed by atoms with van der Waals surface area (Å²) in [6.45, 7) is 0.133. The molecular formula is C20H18F2N4O2. The lowest BCUT2D eigenvalue weighted by atomic mass is 9.84. The Kier molecular flexibility index (Phi) is 3.72. The number of hydrogen-bond acceptors (Lipinski definition) is 4. The highest BCUT2D eigenvalue weighted by atomic mass is 19.1. The van der Waals surface area contributed by atoms with Crippen LogP contribution in [0.25, 0.3) is 0 Å². The molecule has 1 aromatic heterocycles. The van der Waals surface area contributed by atoms with Crippen LogP contribution in [0, 0.1) is 11.6 Å². The third-order valence-corrected chi connectivity index (χ3v) is 5.79. The molecule has 2 aromatic rings. The molecule has 2 heterocycles. The van der Waals surface area contributed by atoms with Crippen molar-refractivity contribution in [2.75, 3.05) is 18.4 Å². The van der Waals surface area contributed by atoms with Gasteiger partial charge >= 0.3 is 0 Å². The van der Waals surface area contributed by atoms with Gasteiger partial charge in [-0.25, -0.2) is 18.7 Å². The summed E-state index contributed by atoms with van der Waals surface area (Å²) in [5.74, 6) is -1.41. The minimum Gasteiger partial charge on any atom is -0.328 e. The molecule has 0 unspecified atom stereocenters. The molecule has 1 N–H and O–H groups in total. The van der Waals surface area contributed by atoms with E-state index < -0.39 is 11.7 Å². The van der Waals surface area contributed by atoms with Crippen molar-refractivity contribution in [2.24, 2.45) is 0 Å². The topological polar surface area (TPSA) is 75.2 Å². The predicted octanol–water partition coefficient (Wildman–Crippen LogP) is 2.76. The van der Waals surface area contributed by atoms with Gasteiger partial charge in [-0.3, -0.25) is 14.9 Å². The fourth-order valence-electron chi connectivity index (χ4n) is 4.09. The van der Waals surface area contributed by atoms with E-state index in [1.54, 1.807) is 12.1 Å². The summed E-state index contributed by atoms with van der Waals surface area (Å²) in [5, 5.41) is 2.46. The number of carbonyl (C=O) groups is 2. The van der Waals surface area contributed by atoms with Gasteiger partial charge in [0, 0.05) is 23.1 Å². The highest BCUT2D eigenvalue weighted by Crippen LogP contribution is 2.55. The predicted molar refractivity (Wildman–Crippen MR) is 95.8 cm³/mol. The van der Waals surface area contributed by atoms with E-state index in [4.69, 9.17) is 0 Å². The number of aromatic nitrogens is 2. The van der Waals surface area contributed by atoms with Crippen molar-refractivity contribution in [1.82, 2.24) is 14.9 Å². The van der Waals surface area contributed by atoms with Crippen LogP contribution in [0.15, 0.2) is 24.5 Å². The van der Waals surface area contributed by atoms with E-state index in [0.717, 1.165) is 43.6 Å². The first kappa shape index (κ1) is 17.2. The van der Waals surface area contributed by atoms with Crippen molar-refractivity contribution in [1.29, 1.82) is 0 Å². The fourth-order valence-corrected chi connectivity index (χ4v) is 4.09. The maximum atomic E-state index is 15.2. The first-order valence-corrected chi connectivity index (χ1v) is 9.36. The summed E-state index contributed by atoms with van der Waals surface area (Å²) in [6.07, 6.45) is 5.49. The van der Waals surface area contributed by atoms with Gasteiger partial charge in [0.05, 0.1) is 12.4 Å². The second-order valence-electron chi connectivity index (χ2n) is 7.88. The maximum Gasteiger partial charge on any atom is 0.254 e. The van der Waals surface area contributed by atoms with Gasteiger partial charge in [-0.1, -0.05) is 6.07 Å². The number of anilines is 1. The van der Waals surface area contributed by atoms with Gasteiger partial charge in [-0.05, 0) is 43.2 Å². The minimum absolute atomic E-state index is 0.0301. The van der Waals surface area contributed by atoms with Crippen LogP contribution in [0.5, 0.6) is 0 Å². The number of rotatable bonds is 4. The summed E-state index contributed by atoms with van der Waals surface area (Å²) in [5.41, 5.74) is 1.24. The van der Waals surface area contributed by atoms with Crippen molar-refractivity contribution >= 4 is 17.8 Å². The lowest BCUT2D eigenvalue weighted by Gasteiger charge is -2.35. The molecule has 2 saturated carbocycles. The molecule has 2 fully saturated rings. The molecule has 28 heavy (non-hydrogen) atoms. The van der Waals surface area contributed by atoms with E-state index in [1.165, 1.54) is 4.90 Å². The normalized spacial score (nSPS) is 19.5. The Morgan fingerprint density at radius 1 is 1.21 bits per heavy atom. The average molecular weight is 384 g/mol. The van der Waals surface area contributed by atoms with Crippen LogP contribution in [0.1, 0.15) is 53.1 Å². The maximum absolute atomic E-state index is 15.2. The van der Waals surface area contributed by atoms with Crippen LogP contribution >= 0.6 is 0 Å². The van der Waals surface area contributed by atoms with Gasteiger partial charge in [0.25, 0.3) is 5.91 Å². The summed E-state index contributed by atoms with van der Waals surface area (Å²) in [7, 11) is 0. The molecule has 3 aliphatic rings. The number of fused-ring (bicyclic) bond motifs is 2.